The van der Waals surface area contributed by atoms with Gasteiger partial charge in [-0.3, -0.25) is 19.7 Å². The number of aliphatic carboxylic acids is 2. The van der Waals surface area contributed by atoms with Gasteiger partial charge < -0.3 is 34.7 Å². The van der Waals surface area contributed by atoms with Gasteiger partial charge in [0.15, 0.2) is 11.7 Å². The highest BCUT2D eigenvalue weighted by atomic mass is 31.2. The first-order chi connectivity index (χ1) is 14.9. The van der Waals surface area contributed by atoms with E-state index in [-0.39, 0.29) is 23.4 Å². The van der Waals surface area contributed by atoms with Crippen LogP contribution in [0.25, 0.3) is 0 Å². The molecule has 0 amide bonds. The zero-order chi connectivity index (χ0) is 25.3. The number of aromatic carboxylic acids is 1. The third-order valence-corrected chi connectivity index (χ3v) is 3.60. The maximum Gasteiger partial charge on any atom is 0.335 e. The first kappa shape index (κ1) is 31.3. The van der Waals surface area contributed by atoms with Gasteiger partial charge in [0, 0.05) is 12.1 Å². The van der Waals surface area contributed by atoms with Crippen molar-refractivity contribution in [3.63, 3.8) is 0 Å². The van der Waals surface area contributed by atoms with E-state index >= 15 is 0 Å². The monoisotopic (exact) mass is 481 g/mol. The molecule has 1 rings (SSSR count). The standard InChI is InChI=1S/C11H13NO5.C7H12O4.H3O3P/c1-2-3-6-17-10-7-8(11(13)14)4-5-9(10)12(15)16;1-2-3-4-5(6(8)9)7(10)11;1-4(2)3/h4-5,7H,2-3,6H2,1H3,(H,13,14);5H,2-4H2,1H3,(H,8,9)(H,10,11);1-3H. The van der Waals surface area contributed by atoms with Crippen molar-refractivity contribution in [2.75, 3.05) is 6.61 Å². The molecule has 14 heteroatoms. The van der Waals surface area contributed by atoms with E-state index in [2.05, 4.69) is 0 Å². The number of rotatable bonds is 11. The topological polar surface area (TPSA) is 225 Å². The molecule has 13 nitrogen and oxygen atoms in total. The number of hydrogen-bond acceptors (Lipinski definition) is 9. The molecule has 0 radical (unpaired) electrons. The van der Waals surface area contributed by atoms with Gasteiger partial charge in [-0.25, -0.2) is 4.79 Å². The van der Waals surface area contributed by atoms with Crippen molar-refractivity contribution in [1.29, 1.82) is 0 Å². The highest BCUT2D eigenvalue weighted by molar-refractivity contribution is 7.38. The van der Waals surface area contributed by atoms with Crippen molar-refractivity contribution in [3.8, 4) is 5.75 Å². The maximum atomic E-state index is 10.7. The van der Waals surface area contributed by atoms with Crippen LogP contribution >= 0.6 is 8.60 Å². The van der Waals surface area contributed by atoms with Crippen molar-refractivity contribution in [3.05, 3.63) is 33.9 Å². The molecular weight excluding hydrogens is 453 g/mol. The molecule has 0 bridgehead atoms. The second kappa shape index (κ2) is 17.8. The highest BCUT2D eigenvalue weighted by Gasteiger charge is 2.24. The Labute approximate surface area is 185 Å². The largest absolute Gasteiger partial charge is 0.487 e. The molecule has 0 aromatic heterocycles. The summed E-state index contributed by atoms with van der Waals surface area (Å²) in [4.78, 5) is 63.1. The van der Waals surface area contributed by atoms with Gasteiger partial charge in [0.2, 0.25) is 0 Å². The lowest BCUT2D eigenvalue weighted by atomic mass is 10.0. The zero-order valence-corrected chi connectivity index (χ0v) is 18.5. The Bertz CT molecular complexity index is 724. The average molecular weight is 481 g/mol. The smallest absolute Gasteiger partial charge is 0.335 e. The number of carbonyl (C=O) groups is 3. The third-order valence-electron chi connectivity index (χ3n) is 3.60. The van der Waals surface area contributed by atoms with Crippen LogP contribution in [0, 0.1) is 16.0 Å². The van der Waals surface area contributed by atoms with E-state index in [9.17, 15) is 24.5 Å². The van der Waals surface area contributed by atoms with Crippen LogP contribution in [-0.2, 0) is 9.59 Å². The summed E-state index contributed by atoms with van der Waals surface area (Å²) >= 11 is 0. The Morgan fingerprint density at radius 1 is 1.03 bits per heavy atom. The summed E-state index contributed by atoms with van der Waals surface area (Å²) < 4.78 is 5.22. The van der Waals surface area contributed by atoms with E-state index < -0.39 is 37.4 Å². The summed E-state index contributed by atoms with van der Waals surface area (Å²) in [5, 5.41) is 36.3. The van der Waals surface area contributed by atoms with Crippen molar-refractivity contribution in [1.82, 2.24) is 0 Å². The molecule has 0 saturated heterocycles. The number of unbranched alkanes of at least 4 members (excludes halogenated alkanes) is 2. The summed E-state index contributed by atoms with van der Waals surface area (Å²) in [6, 6.07) is 3.51. The van der Waals surface area contributed by atoms with E-state index in [1.54, 1.807) is 0 Å². The van der Waals surface area contributed by atoms with Crippen molar-refractivity contribution in [2.45, 2.75) is 46.0 Å². The Hall–Kier alpha value is -2.86. The van der Waals surface area contributed by atoms with E-state index in [1.165, 1.54) is 12.1 Å². The Balaban J connectivity index is 0. The molecule has 6 N–H and O–H groups in total. The number of nitro groups is 1. The van der Waals surface area contributed by atoms with Crippen LogP contribution in [0.15, 0.2) is 18.2 Å². The quantitative estimate of drug-likeness (QED) is 0.0881. The van der Waals surface area contributed by atoms with Crippen molar-refractivity contribution >= 4 is 32.2 Å². The molecule has 0 heterocycles. The lowest BCUT2D eigenvalue weighted by molar-refractivity contribution is -0.385. The molecule has 32 heavy (non-hydrogen) atoms. The van der Waals surface area contributed by atoms with E-state index in [0.29, 0.717) is 13.0 Å². The molecule has 0 fully saturated rings. The van der Waals surface area contributed by atoms with Gasteiger partial charge in [0.25, 0.3) is 0 Å². The maximum absolute atomic E-state index is 10.7. The molecule has 1 aromatic carbocycles. The molecule has 0 aliphatic rings. The molecule has 0 unspecified atom stereocenters. The fraction of sp³-hybridized carbons (Fsp3) is 0.500. The minimum absolute atomic E-state index is 0.00310. The first-order valence-corrected chi connectivity index (χ1v) is 10.6. The summed E-state index contributed by atoms with van der Waals surface area (Å²) in [7, 11) is -2.62. The number of nitrogens with zero attached hydrogens (tertiary/aromatic N) is 1. The normalized spacial score (nSPS) is 9.84. The Morgan fingerprint density at radius 2 is 1.53 bits per heavy atom. The van der Waals surface area contributed by atoms with Gasteiger partial charge in [-0.2, -0.15) is 0 Å². The minimum atomic E-state index is -2.62. The molecule has 0 aliphatic carbocycles. The van der Waals surface area contributed by atoms with E-state index in [4.69, 9.17) is 34.7 Å². The number of benzene rings is 1. The highest BCUT2D eigenvalue weighted by Crippen LogP contribution is 2.28. The van der Waals surface area contributed by atoms with E-state index in [1.807, 2.05) is 13.8 Å². The lowest BCUT2D eigenvalue weighted by Crippen LogP contribution is -2.22. The van der Waals surface area contributed by atoms with Crippen LogP contribution in [-0.4, -0.2) is 59.4 Å². The third kappa shape index (κ3) is 15.0. The number of carboxylic acid groups (broad SMARTS) is 3. The summed E-state index contributed by atoms with van der Waals surface area (Å²) in [6.07, 6.45) is 3.34. The van der Waals surface area contributed by atoms with Gasteiger partial charge in [0.1, 0.15) is 0 Å². The molecule has 0 saturated carbocycles. The van der Waals surface area contributed by atoms with Crippen LogP contribution in [0.3, 0.4) is 0 Å². The van der Waals surface area contributed by atoms with Crippen molar-refractivity contribution in [2.24, 2.45) is 5.92 Å². The summed E-state index contributed by atoms with van der Waals surface area (Å²) in [6.45, 7) is 4.19. The van der Waals surface area contributed by atoms with Crippen LogP contribution in [0.2, 0.25) is 0 Å². The number of carboxylic acids is 3. The Morgan fingerprint density at radius 3 is 1.91 bits per heavy atom. The average Bonchev–Trinajstić information content (AvgIpc) is 2.67. The van der Waals surface area contributed by atoms with Crippen LogP contribution in [0.1, 0.15) is 56.3 Å². The summed E-state index contributed by atoms with van der Waals surface area (Å²) in [5.41, 5.74) is -0.242. The number of hydrogen-bond donors (Lipinski definition) is 6. The van der Waals surface area contributed by atoms with E-state index in [0.717, 1.165) is 25.3 Å². The predicted octanol–water partition coefficient (Wildman–Crippen LogP) is 2.62. The molecular formula is C18H28NO12P. The van der Waals surface area contributed by atoms with Gasteiger partial charge in [0.05, 0.1) is 17.1 Å². The predicted molar refractivity (Wildman–Crippen MR) is 112 cm³/mol. The molecule has 0 atom stereocenters. The molecule has 1 aromatic rings. The SMILES string of the molecule is CCCCC(C(=O)O)C(=O)O.CCCCOc1cc(C(=O)O)ccc1[N+](=O)[O-].OP(O)O. The molecule has 0 aliphatic heterocycles. The molecule has 0 spiro atoms. The molecule has 182 valence electrons. The van der Waals surface area contributed by atoms with Gasteiger partial charge >= 0.3 is 32.2 Å². The fourth-order valence-corrected chi connectivity index (χ4v) is 2.00. The van der Waals surface area contributed by atoms with Crippen LogP contribution < -0.4 is 4.74 Å². The van der Waals surface area contributed by atoms with Gasteiger partial charge in [-0.15, -0.1) is 0 Å². The number of nitro benzene ring substituents is 1. The second-order valence-electron chi connectivity index (χ2n) is 6.09. The number of ether oxygens (including phenoxy) is 1. The zero-order valence-electron chi connectivity index (χ0n) is 17.6. The minimum Gasteiger partial charge on any atom is -0.487 e. The van der Waals surface area contributed by atoms with Gasteiger partial charge in [-0.1, -0.05) is 33.1 Å². The van der Waals surface area contributed by atoms with Crippen LogP contribution in [0.4, 0.5) is 5.69 Å². The Kier molecular flexibility index (Phi) is 17.4. The van der Waals surface area contributed by atoms with Crippen LogP contribution in [0.5, 0.6) is 5.75 Å². The van der Waals surface area contributed by atoms with Crippen molar-refractivity contribution < 1.29 is 54.0 Å². The fourth-order valence-electron chi connectivity index (χ4n) is 2.00. The van der Waals surface area contributed by atoms with Gasteiger partial charge in [-0.05, 0) is 18.9 Å². The lowest BCUT2D eigenvalue weighted by Gasteiger charge is -2.06. The second-order valence-corrected chi connectivity index (χ2v) is 6.62. The summed E-state index contributed by atoms with van der Waals surface area (Å²) in [5.74, 6) is -4.85. The first-order valence-electron chi connectivity index (χ1n) is 9.35.